The Morgan fingerprint density at radius 2 is 2.19 bits per heavy atom. The summed E-state index contributed by atoms with van der Waals surface area (Å²) in [5.74, 6) is 0.216. The second kappa shape index (κ2) is 6.30. The van der Waals surface area contributed by atoms with Crippen molar-refractivity contribution in [1.82, 2.24) is 4.90 Å². The van der Waals surface area contributed by atoms with E-state index in [0.717, 1.165) is 25.7 Å². The van der Waals surface area contributed by atoms with Gasteiger partial charge in [-0.2, -0.15) is 0 Å². The third-order valence-electron chi connectivity index (χ3n) is 2.67. The lowest BCUT2D eigenvalue weighted by Crippen LogP contribution is -2.32. The second-order valence-electron chi connectivity index (χ2n) is 3.94. The van der Waals surface area contributed by atoms with Crippen LogP contribution in [0.5, 0.6) is 0 Å². The molecule has 0 saturated carbocycles. The van der Waals surface area contributed by atoms with Crippen molar-refractivity contribution in [1.29, 1.82) is 0 Å². The van der Waals surface area contributed by atoms with Gasteiger partial charge in [0.2, 0.25) is 5.91 Å². The Hall–Kier alpha value is -1.32. The summed E-state index contributed by atoms with van der Waals surface area (Å²) < 4.78 is 4.95. The molecule has 4 nitrogen and oxygen atoms in total. The van der Waals surface area contributed by atoms with Gasteiger partial charge in [0.05, 0.1) is 13.7 Å². The van der Waals surface area contributed by atoms with Crippen LogP contribution in [0.4, 0.5) is 0 Å². The summed E-state index contributed by atoms with van der Waals surface area (Å²) in [6.07, 6.45) is 6.03. The minimum atomic E-state index is -0.252. The van der Waals surface area contributed by atoms with Crippen LogP contribution in [0.25, 0.3) is 0 Å². The first-order valence-corrected chi connectivity index (χ1v) is 5.78. The van der Waals surface area contributed by atoms with Crippen LogP contribution >= 0.6 is 0 Å². The van der Waals surface area contributed by atoms with Crippen LogP contribution in [0.2, 0.25) is 0 Å². The highest BCUT2D eigenvalue weighted by Gasteiger charge is 2.27. The predicted octanol–water partition coefficient (Wildman–Crippen LogP) is 1.86. The first-order chi connectivity index (χ1) is 7.69. The molecule has 1 aliphatic heterocycles. The van der Waals surface area contributed by atoms with Gasteiger partial charge in [0.15, 0.2) is 0 Å². The van der Waals surface area contributed by atoms with Gasteiger partial charge < -0.3 is 4.74 Å². The van der Waals surface area contributed by atoms with E-state index in [9.17, 15) is 9.59 Å². The average Bonchev–Trinajstić information content (AvgIpc) is 2.66. The molecule has 0 aromatic carbocycles. The van der Waals surface area contributed by atoms with Gasteiger partial charge in [-0.3, -0.25) is 14.5 Å². The molecule has 2 amide bonds. The molecule has 0 aromatic rings. The van der Waals surface area contributed by atoms with Crippen molar-refractivity contribution in [2.75, 3.05) is 13.7 Å². The van der Waals surface area contributed by atoms with Gasteiger partial charge in [-0.1, -0.05) is 26.2 Å². The zero-order valence-electron chi connectivity index (χ0n) is 9.99. The second-order valence-corrected chi connectivity index (χ2v) is 3.94. The molecule has 0 N–H and O–H groups in total. The molecule has 1 rings (SSSR count). The van der Waals surface area contributed by atoms with Crippen LogP contribution in [0.3, 0.4) is 0 Å². The molecule has 0 aliphatic carbocycles. The minimum absolute atomic E-state index is 0.0931. The number of unbranched alkanes of at least 4 members (excludes halogenated alkanes) is 3. The summed E-state index contributed by atoms with van der Waals surface area (Å²) in [4.78, 5) is 24.4. The Bertz CT molecular complexity index is 297. The molecular weight excluding hydrogens is 206 g/mol. The smallest absolute Gasteiger partial charge is 0.257 e. The molecule has 0 atom stereocenters. The van der Waals surface area contributed by atoms with Gasteiger partial charge in [-0.05, 0) is 6.42 Å². The maximum absolute atomic E-state index is 11.7. The highest BCUT2D eigenvalue weighted by atomic mass is 16.5. The Morgan fingerprint density at radius 3 is 2.75 bits per heavy atom. The maximum atomic E-state index is 11.7. The van der Waals surface area contributed by atoms with Crippen LogP contribution in [-0.4, -0.2) is 30.4 Å². The van der Waals surface area contributed by atoms with Gasteiger partial charge >= 0.3 is 0 Å². The fourth-order valence-corrected chi connectivity index (χ4v) is 1.67. The first kappa shape index (κ1) is 12.7. The van der Waals surface area contributed by atoms with Crippen molar-refractivity contribution in [2.24, 2.45) is 0 Å². The molecule has 16 heavy (non-hydrogen) atoms. The number of methoxy groups -OCH3 is 1. The number of hydrogen-bond acceptors (Lipinski definition) is 3. The average molecular weight is 225 g/mol. The fourth-order valence-electron chi connectivity index (χ4n) is 1.67. The van der Waals surface area contributed by atoms with Crippen LogP contribution in [0, 0.1) is 0 Å². The zero-order valence-corrected chi connectivity index (χ0v) is 9.99. The lowest BCUT2D eigenvalue weighted by atomic mass is 10.1. The minimum Gasteiger partial charge on any atom is -0.499 e. The van der Waals surface area contributed by atoms with Crippen molar-refractivity contribution in [3.05, 3.63) is 11.8 Å². The fraction of sp³-hybridized carbons (Fsp3) is 0.667. The van der Waals surface area contributed by atoms with Crippen molar-refractivity contribution in [3.8, 4) is 0 Å². The Morgan fingerprint density at radius 1 is 1.44 bits per heavy atom. The maximum Gasteiger partial charge on any atom is 0.257 e. The SMILES string of the molecule is CCCCCCC(=O)N1CC(OC)=CC1=O. The summed E-state index contributed by atoms with van der Waals surface area (Å²) >= 11 is 0. The topological polar surface area (TPSA) is 46.6 Å². The van der Waals surface area contributed by atoms with E-state index < -0.39 is 0 Å². The lowest BCUT2D eigenvalue weighted by Gasteiger charge is -2.13. The number of ether oxygens (including phenoxy) is 1. The quantitative estimate of drug-likeness (QED) is 0.648. The molecule has 4 heteroatoms. The molecule has 0 spiro atoms. The van der Waals surface area contributed by atoms with Gasteiger partial charge in [0, 0.05) is 12.5 Å². The summed E-state index contributed by atoms with van der Waals surface area (Å²) in [7, 11) is 1.51. The molecule has 1 heterocycles. The molecule has 0 radical (unpaired) electrons. The number of amides is 2. The Balaban J connectivity index is 2.31. The Kier molecular flexibility index (Phi) is 5.02. The predicted molar refractivity (Wildman–Crippen MR) is 60.6 cm³/mol. The van der Waals surface area contributed by atoms with E-state index in [1.807, 2.05) is 0 Å². The standard InChI is InChI=1S/C12H19NO3/c1-3-4-5-6-7-11(14)13-9-10(16-2)8-12(13)15/h8H,3-7,9H2,1-2H3. The number of hydrogen-bond donors (Lipinski definition) is 0. The third-order valence-corrected chi connectivity index (χ3v) is 2.67. The first-order valence-electron chi connectivity index (χ1n) is 5.78. The zero-order chi connectivity index (χ0) is 12.0. The molecule has 0 saturated heterocycles. The highest BCUT2D eigenvalue weighted by molar-refractivity contribution is 6.03. The van der Waals surface area contributed by atoms with Gasteiger partial charge in [0.25, 0.3) is 5.91 Å². The van der Waals surface area contributed by atoms with Crippen molar-refractivity contribution in [3.63, 3.8) is 0 Å². The van der Waals surface area contributed by atoms with E-state index in [4.69, 9.17) is 4.74 Å². The van der Waals surface area contributed by atoms with E-state index in [-0.39, 0.29) is 11.8 Å². The number of carbonyl (C=O) groups is 2. The Labute approximate surface area is 96.3 Å². The molecular formula is C12H19NO3. The van der Waals surface area contributed by atoms with Crippen molar-refractivity contribution in [2.45, 2.75) is 39.0 Å². The highest BCUT2D eigenvalue weighted by Crippen LogP contribution is 2.14. The summed E-state index contributed by atoms with van der Waals surface area (Å²) in [6.45, 7) is 2.42. The summed E-state index contributed by atoms with van der Waals surface area (Å²) in [5.41, 5.74) is 0. The summed E-state index contributed by atoms with van der Waals surface area (Å²) in [5, 5.41) is 0. The van der Waals surface area contributed by atoms with E-state index >= 15 is 0 Å². The van der Waals surface area contributed by atoms with Gasteiger partial charge in [0.1, 0.15) is 5.76 Å². The third kappa shape index (κ3) is 3.36. The molecule has 0 unspecified atom stereocenters. The van der Waals surface area contributed by atoms with Gasteiger partial charge in [-0.25, -0.2) is 0 Å². The van der Waals surface area contributed by atoms with E-state index in [1.165, 1.54) is 18.1 Å². The number of imide groups is 1. The lowest BCUT2D eigenvalue weighted by molar-refractivity contribution is -0.140. The van der Waals surface area contributed by atoms with Crippen LogP contribution in [0.15, 0.2) is 11.8 Å². The van der Waals surface area contributed by atoms with Gasteiger partial charge in [-0.15, -0.1) is 0 Å². The molecule has 0 aromatic heterocycles. The van der Waals surface area contributed by atoms with E-state index in [0.29, 0.717) is 18.7 Å². The molecule has 0 fully saturated rings. The molecule has 90 valence electrons. The number of rotatable bonds is 6. The van der Waals surface area contributed by atoms with Crippen LogP contribution in [-0.2, 0) is 14.3 Å². The molecule has 0 bridgehead atoms. The van der Waals surface area contributed by atoms with E-state index in [2.05, 4.69) is 6.92 Å². The van der Waals surface area contributed by atoms with E-state index in [1.54, 1.807) is 0 Å². The van der Waals surface area contributed by atoms with Crippen molar-refractivity contribution < 1.29 is 14.3 Å². The van der Waals surface area contributed by atoms with Crippen LogP contribution in [0.1, 0.15) is 39.0 Å². The largest absolute Gasteiger partial charge is 0.499 e. The molecule has 1 aliphatic rings. The van der Waals surface area contributed by atoms with Crippen molar-refractivity contribution >= 4 is 11.8 Å². The number of nitrogens with zero attached hydrogens (tertiary/aromatic N) is 1. The number of carbonyl (C=O) groups excluding carboxylic acids is 2. The summed E-state index contributed by atoms with van der Waals surface area (Å²) in [6, 6.07) is 0. The monoisotopic (exact) mass is 225 g/mol. The normalized spacial score (nSPS) is 15.2. The van der Waals surface area contributed by atoms with Crippen LogP contribution < -0.4 is 0 Å².